The maximum atomic E-state index is 14.2. The van der Waals surface area contributed by atoms with Crippen molar-refractivity contribution in [3.8, 4) is 0 Å². The smallest absolute Gasteiger partial charge is 0.311 e. The van der Waals surface area contributed by atoms with Gasteiger partial charge in [0, 0.05) is 42.9 Å². The Balaban J connectivity index is 2.20. The molecule has 3 fully saturated rings. The van der Waals surface area contributed by atoms with Crippen molar-refractivity contribution < 1.29 is 63.5 Å². The van der Waals surface area contributed by atoms with Gasteiger partial charge < -0.3 is 54.0 Å². The van der Waals surface area contributed by atoms with Crippen molar-refractivity contribution in [2.24, 2.45) is 23.7 Å². The summed E-state index contributed by atoms with van der Waals surface area (Å²) in [7, 11) is 3.42. The molecule has 3 aliphatic rings. The molecule has 3 heterocycles. The number of nitrogens with zero attached hydrogens (tertiary/aromatic N) is 1. The van der Waals surface area contributed by atoms with Crippen LogP contribution < -0.4 is 0 Å². The summed E-state index contributed by atoms with van der Waals surface area (Å²) in [6.45, 7) is 22.5. The lowest BCUT2D eigenvalue weighted by molar-refractivity contribution is -0.319. The van der Waals surface area contributed by atoms with E-state index in [0.717, 1.165) is 0 Å². The van der Waals surface area contributed by atoms with Gasteiger partial charge in [-0.25, -0.2) is 0 Å². The Morgan fingerprint density at radius 3 is 2.02 bits per heavy atom. The molecule has 0 aliphatic carbocycles. The second-order valence-corrected chi connectivity index (χ2v) is 18.3. The number of cyclic esters (lactones) is 1. The number of hydrogen-bond acceptors (Lipinski definition) is 14. The zero-order valence-electron chi connectivity index (χ0n) is 35.4. The summed E-state index contributed by atoms with van der Waals surface area (Å²) >= 11 is 0. The van der Waals surface area contributed by atoms with Gasteiger partial charge in [-0.15, -0.1) is 0 Å². The monoisotopic (exact) mass is 776 g/mol. The molecule has 0 unspecified atom stereocenters. The predicted molar refractivity (Wildman–Crippen MR) is 200 cm³/mol. The first kappa shape index (κ1) is 47.1. The number of ketones is 1. The van der Waals surface area contributed by atoms with Gasteiger partial charge in [0.25, 0.3) is 0 Å². The van der Waals surface area contributed by atoms with Crippen LogP contribution in [0.15, 0.2) is 0 Å². The maximum Gasteiger partial charge on any atom is 0.311 e. The van der Waals surface area contributed by atoms with E-state index >= 15 is 0 Å². The van der Waals surface area contributed by atoms with Gasteiger partial charge in [0.05, 0.1) is 47.6 Å². The fourth-order valence-corrected chi connectivity index (χ4v) is 8.78. The molecule has 54 heavy (non-hydrogen) atoms. The fourth-order valence-electron chi connectivity index (χ4n) is 8.78. The van der Waals surface area contributed by atoms with E-state index in [9.17, 15) is 35.1 Å². The molecule has 3 rings (SSSR count). The number of methoxy groups -OCH3 is 1. The van der Waals surface area contributed by atoms with Crippen molar-refractivity contribution in [3.05, 3.63) is 0 Å². The topological polar surface area (TPSA) is 194 Å². The molecular weight excluding hydrogens is 702 g/mol. The van der Waals surface area contributed by atoms with Gasteiger partial charge in [-0.1, -0.05) is 27.7 Å². The Hall–Kier alpha value is -1.30. The van der Waals surface area contributed by atoms with E-state index in [-0.39, 0.29) is 36.9 Å². The summed E-state index contributed by atoms with van der Waals surface area (Å²) in [5.74, 6) is -5.02. The van der Waals surface area contributed by atoms with Crippen LogP contribution in [0.1, 0.15) is 116 Å². The molecule has 0 bridgehead atoms. The lowest BCUT2D eigenvalue weighted by Crippen LogP contribution is -2.62. The number of carbonyl (C=O) groups excluding carboxylic acids is 2. The number of rotatable bonds is 7. The average Bonchev–Trinajstić information content (AvgIpc) is 3.08. The van der Waals surface area contributed by atoms with Gasteiger partial charge in [-0.05, 0) is 88.6 Å². The highest BCUT2D eigenvalue weighted by Gasteiger charge is 2.54. The molecule has 18 atom stereocenters. The number of Topliss-reactive ketones (excluding diaryl/α,β-unsaturated/α-hetero) is 1. The third-order valence-electron chi connectivity index (χ3n) is 12.7. The molecule has 3 aliphatic heterocycles. The number of likely N-dealkylation sites (N-methyl/N-ethyl adjacent to an activating group) is 1. The summed E-state index contributed by atoms with van der Waals surface area (Å²) < 4.78 is 37.4. The van der Waals surface area contributed by atoms with Crippen molar-refractivity contribution in [2.45, 2.75) is 205 Å². The van der Waals surface area contributed by atoms with E-state index in [0.29, 0.717) is 6.42 Å². The van der Waals surface area contributed by atoms with Gasteiger partial charge in [0.1, 0.15) is 29.7 Å². The summed E-state index contributed by atoms with van der Waals surface area (Å²) in [6, 6.07) is -0.365. The van der Waals surface area contributed by atoms with Crippen molar-refractivity contribution >= 4 is 11.8 Å². The van der Waals surface area contributed by atoms with Crippen molar-refractivity contribution in [2.75, 3.05) is 14.2 Å². The minimum Gasteiger partial charge on any atom is -0.459 e. The molecule has 0 radical (unpaired) electrons. The fraction of sp³-hybridized carbons (Fsp3) is 0.950. The van der Waals surface area contributed by atoms with Crippen LogP contribution >= 0.6 is 0 Å². The number of esters is 1. The van der Waals surface area contributed by atoms with Crippen LogP contribution in [0.25, 0.3) is 0 Å². The van der Waals surface area contributed by atoms with Crippen molar-refractivity contribution in [3.63, 3.8) is 0 Å². The highest BCUT2D eigenvalue weighted by atomic mass is 16.7. The van der Waals surface area contributed by atoms with Crippen LogP contribution in [-0.4, -0.2) is 146 Å². The molecule has 14 nitrogen and oxygen atoms in total. The van der Waals surface area contributed by atoms with E-state index in [1.165, 1.54) is 27.9 Å². The maximum absolute atomic E-state index is 14.2. The number of aliphatic hydroxyl groups excluding tert-OH is 3. The minimum atomic E-state index is -2.00. The van der Waals surface area contributed by atoms with Crippen molar-refractivity contribution in [1.82, 2.24) is 4.90 Å². The number of ether oxygens (including phenoxy) is 6. The van der Waals surface area contributed by atoms with Crippen molar-refractivity contribution in [1.29, 1.82) is 0 Å². The molecule has 0 aromatic carbocycles. The molecule has 316 valence electrons. The lowest BCUT2D eigenvalue weighted by atomic mass is 9.74. The molecule has 5 N–H and O–H groups in total. The van der Waals surface area contributed by atoms with Crippen LogP contribution in [0.4, 0.5) is 0 Å². The normalized spacial score (nSPS) is 48.0. The Kier molecular flexibility index (Phi) is 15.4. The Morgan fingerprint density at radius 2 is 1.48 bits per heavy atom. The number of aliphatic hydroxyl groups is 5. The van der Waals surface area contributed by atoms with E-state index < -0.39 is 108 Å². The average molecular weight is 776 g/mol. The Bertz CT molecular complexity index is 1260. The third kappa shape index (κ3) is 10.0. The highest BCUT2D eigenvalue weighted by Crippen LogP contribution is 2.41. The van der Waals surface area contributed by atoms with E-state index in [2.05, 4.69) is 4.90 Å². The van der Waals surface area contributed by atoms with E-state index in [4.69, 9.17) is 28.4 Å². The molecule has 0 saturated carbocycles. The minimum absolute atomic E-state index is 0.0899. The molecule has 0 spiro atoms. The first-order valence-corrected chi connectivity index (χ1v) is 19.8. The summed E-state index contributed by atoms with van der Waals surface area (Å²) in [5, 5.41) is 58.3. The van der Waals surface area contributed by atoms with Gasteiger partial charge in [-0.3, -0.25) is 14.5 Å². The van der Waals surface area contributed by atoms with Crippen LogP contribution in [-0.2, 0) is 38.0 Å². The van der Waals surface area contributed by atoms with Gasteiger partial charge in [0.2, 0.25) is 0 Å². The lowest BCUT2D eigenvalue weighted by Gasteiger charge is -2.50. The molecule has 0 aromatic rings. The van der Waals surface area contributed by atoms with Gasteiger partial charge in [0.15, 0.2) is 12.6 Å². The summed E-state index contributed by atoms with van der Waals surface area (Å²) in [6.07, 6.45) is -9.87. The number of hydrogen-bond donors (Lipinski definition) is 5. The second kappa shape index (κ2) is 17.7. The second-order valence-electron chi connectivity index (χ2n) is 18.3. The quantitative estimate of drug-likeness (QED) is 0.237. The predicted octanol–water partition coefficient (Wildman–Crippen LogP) is 2.95. The van der Waals surface area contributed by atoms with E-state index in [1.54, 1.807) is 41.5 Å². The zero-order valence-corrected chi connectivity index (χ0v) is 35.4. The zero-order chi connectivity index (χ0) is 41.5. The number of carbonyl (C=O) groups is 2. The molecule has 0 amide bonds. The van der Waals surface area contributed by atoms with Crippen LogP contribution in [0, 0.1) is 23.7 Å². The standard InChI is InChI=1S/C40H73NO13/c1-16-27-40(13,48)32(44)22(4)29(42)20(2)18-38(11,47)34(54-36-30(43)26(17-21(3)50-36)41(14)37(8,9)10)23(5)31(24(6)35(46)52-27)53-28-19-39(12,49-15)33(45)25(7)51-28/h20-28,30-34,36,43-45,47-48H,16-19H2,1-15H3/t20-,21-,22+,23+,24-,25+,26+,27-,28+,30-,31+,32-,33+,34-,36+,38-,39-,40-/m1/s1. The first-order valence-electron chi connectivity index (χ1n) is 19.8. The highest BCUT2D eigenvalue weighted by molar-refractivity contribution is 5.83. The van der Waals surface area contributed by atoms with E-state index in [1.807, 2.05) is 34.7 Å². The molecule has 0 aromatic heterocycles. The summed E-state index contributed by atoms with van der Waals surface area (Å²) in [5.41, 5.74) is -5.17. The van der Waals surface area contributed by atoms with Crippen LogP contribution in [0.2, 0.25) is 0 Å². The SMILES string of the molecule is CC[C@H]1OC(=O)[C@H](C)[C@@H](O[C@H]2C[C@@](C)(OC)[C@@H](O)[C@H](C)O2)[C@H](C)[C@@H](O[C@@H]2O[C@H](C)C[C@H](N(C)C(C)(C)C)[C@H]2O)[C@](C)(O)C[C@@H](C)C(=O)[C@H](C)[C@@H](O)[C@]1(C)O. The Morgan fingerprint density at radius 1 is 0.889 bits per heavy atom. The van der Waals surface area contributed by atoms with Crippen LogP contribution in [0.3, 0.4) is 0 Å². The molecular formula is C40H73NO13. The first-order chi connectivity index (χ1) is 24.6. The molecule has 14 heteroatoms. The third-order valence-corrected chi connectivity index (χ3v) is 12.7. The summed E-state index contributed by atoms with van der Waals surface area (Å²) in [4.78, 5) is 30.1. The Labute approximate surface area is 323 Å². The largest absolute Gasteiger partial charge is 0.459 e. The van der Waals surface area contributed by atoms with Crippen LogP contribution in [0.5, 0.6) is 0 Å². The van der Waals surface area contributed by atoms with Gasteiger partial charge >= 0.3 is 5.97 Å². The molecule has 3 saturated heterocycles. The van der Waals surface area contributed by atoms with Gasteiger partial charge in [-0.2, -0.15) is 0 Å².